The van der Waals surface area contributed by atoms with Gasteiger partial charge in [0, 0.05) is 18.8 Å². The van der Waals surface area contributed by atoms with Crippen LogP contribution in [-0.2, 0) is 16.1 Å². The van der Waals surface area contributed by atoms with Crippen LogP contribution in [0.1, 0.15) is 26.3 Å². The third-order valence-corrected chi connectivity index (χ3v) is 3.72. The van der Waals surface area contributed by atoms with E-state index in [-0.39, 0.29) is 17.7 Å². The smallest absolute Gasteiger partial charge is 0.246 e. The molecule has 0 radical (unpaired) electrons. The van der Waals surface area contributed by atoms with Crippen LogP contribution in [0, 0.1) is 5.92 Å². The van der Waals surface area contributed by atoms with Crippen molar-refractivity contribution in [2.45, 2.75) is 39.4 Å². The van der Waals surface area contributed by atoms with E-state index in [1.807, 2.05) is 19.9 Å². The Hall–Kier alpha value is -2.11. The lowest BCUT2D eigenvalue weighted by Gasteiger charge is -2.38. The van der Waals surface area contributed by atoms with Gasteiger partial charge in [0.1, 0.15) is 12.1 Å². The van der Waals surface area contributed by atoms with E-state index in [0.717, 1.165) is 5.56 Å². The molecule has 0 aliphatic carbocycles. The van der Waals surface area contributed by atoms with E-state index >= 15 is 0 Å². The Morgan fingerprint density at radius 2 is 2.14 bits per heavy atom. The Kier molecular flexibility index (Phi) is 4.45. The van der Waals surface area contributed by atoms with Crippen LogP contribution >= 0.6 is 0 Å². The number of carbonyl (C=O) groups is 2. The van der Waals surface area contributed by atoms with Crippen LogP contribution in [0.2, 0.25) is 0 Å². The zero-order valence-electron chi connectivity index (χ0n) is 12.8. The number of hydrogen-bond donors (Lipinski definition) is 1. The van der Waals surface area contributed by atoms with Gasteiger partial charge in [-0.15, -0.1) is 0 Å². The number of carbonyl (C=O) groups excluding carboxylic acids is 2. The van der Waals surface area contributed by atoms with Gasteiger partial charge in [0.2, 0.25) is 17.7 Å². The Morgan fingerprint density at radius 1 is 1.43 bits per heavy atom. The fourth-order valence-electron chi connectivity index (χ4n) is 2.37. The maximum absolute atomic E-state index is 12.5. The molecule has 1 aliphatic heterocycles. The fraction of sp³-hybridized carbons (Fsp3) is 0.533. The minimum Gasteiger partial charge on any atom is -0.481 e. The standard InChI is InChI=1S/C15H21N3O3/c1-9(2)13-15(20)18(10(3)14(19)17-13)8-11-5-6-16-12(7-11)21-4/h5-7,9-10,13H,8H2,1-4H3,(H,17,19). The molecule has 2 atom stereocenters. The summed E-state index contributed by atoms with van der Waals surface area (Å²) in [5.74, 6) is 0.389. The van der Waals surface area contributed by atoms with Crippen molar-refractivity contribution in [1.82, 2.24) is 15.2 Å². The summed E-state index contributed by atoms with van der Waals surface area (Å²) in [6.45, 7) is 5.96. The van der Waals surface area contributed by atoms with Crippen molar-refractivity contribution in [3.05, 3.63) is 23.9 Å². The number of methoxy groups -OCH3 is 1. The van der Waals surface area contributed by atoms with Crippen LogP contribution in [0.4, 0.5) is 0 Å². The number of amides is 2. The highest BCUT2D eigenvalue weighted by atomic mass is 16.5. The van der Waals surface area contributed by atoms with Crippen LogP contribution < -0.4 is 10.1 Å². The summed E-state index contributed by atoms with van der Waals surface area (Å²) in [6.07, 6.45) is 1.63. The first kappa shape index (κ1) is 15.3. The van der Waals surface area contributed by atoms with Crippen molar-refractivity contribution in [2.24, 2.45) is 5.92 Å². The highest BCUT2D eigenvalue weighted by Crippen LogP contribution is 2.19. The topological polar surface area (TPSA) is 71.5 Å². The van der Waals surface area contributed by atoms with Crippen molar-refractivity contribution < 1.29 is 14.3 Å². The second-order valence-corrected chi connectivity index (χ2v) is 5.58. The molecule has 1 aromatic rings. The summed E-state index contributed by atoms with van der Waals surface area (Å²) in [4.78, 5) is 30.2. The molecule has 0 bridgehead atoms. The molecule has 0 saturated carbocycles. The zero-order chi connectivity index (χ0) is 15.6. The molecule has 2 rings (SSSR count). The van der Waals surface area contributed by atoms with E-state index in [2.05, 4.69) is 10.3 Å². The van der Waals surface area contributed by atoms with Gasteiger partial charge >= 0.3 is 0 Å². The molecule has 2 heterocycles. The number of pyridine rings is 1. The molecular weight excluding hydrogens is 270 g/mol. The predicted molar refractivity (Wildman–Crippen MR) is 77.6 cm³/mol. The van der Waals surface area contributed by atoms with Gasteiger partial charge < -0.3 is 15.0 Å². The molecular formula is C15H21N3O3. The van der Waals surface area contributed by atoms with Crippen LogP contribution in [0.3, 0.4) is 0 Å². The van der Waals surface area contributed by atoms with E-state index in [1.54, 1.807) is 31.2 Å². The van der Waals surface area contributed by atoms with Crippen molar-refractivity contribution >= 4 is 11.8 Å². The lowest BCUT2D eigenvalue weighted by molar-refractivity contribution is -0.150. The number of nitrogens with zero attached hydrogens (tertiary/aromatic N) is 2. The molecule has 21 heavy (non-hydrogen) atoms. The van der Waals surface area contributed by atoms with Gasteiger partial charge in [-0.05, 0) is 24.5 Å². The summed E-state index contributed by atoms with van der Waals surface area (Å²) in [7, 11) is 1.54. The maximum Gasteiger partial charge on any atom is 0.246 e. The maximum atomic E-state index is 12.5. The van der Waals surface area contributed by atoms with Crippen LogP contribution in [-0.4, -0.2) is 40.9 Å². The monoisotopic (exact) mass is 291 g/mol. The van der Waals surface area contributed by atoms with Gasteiger partial charge in [0.25, 0.3) is 0 Å². The third-order valence-electron chi connectivity index (χ3n) is 3.72. The Balaban J connectivity index is 2.22. The first-order valence-electron chi connectivity index (χ1n) is 7.03. The van der Waals surface area contributed by atoms with Crippen LogP contribution in [0.15, 0.2) is 18.3 Å². The normalized spacial score (nSPS) is 22.4. The van der Waals surface area contributed by atoms with Crippen molar-refractivity contribution in [3.63, 3.8) is 0 Å². The van der Waals surface area contributed by atoms with Crippen LogP contribution in [0.5, 0.6) is 5.88 Å². The van der Waals surface area contributed by atoms with Gasteiger partial charge in [-0.1, -0.05) is 13.8 Å². The lowest BCUT2D eigenvalue weighted by Crippen LogP contribution is -2.63. The van der Waals surface area contributed by atoms with E-state index in [4.69, 9.17) is 4.74 Å². The van der Waals surface area contributed by atoms with E-state index < -0.39 is 12.1 Å². The van der Waals surface area contributed by atoms with Crippen molar-refractivity contribution in [1.29, 1.82) is 0 Å². The molecule has 114 valence electrons. The molecule has 1 aliphatic rings. The SMILES string of the molecule is COc1cc(CN2C(=O)C(C(C)C)NC(=O)C2C)ccn1. The molecule has 6 nitrogen and oxygen atoms in total. The highest BCUT2D eigenvalue weighted by molar-refractivity contribution is 5.96. The van der Waals surface area contributed by atoms with Gasteiger partial charge in [-0.2, -0.15) is 0 Å². The van der Waals surface area contributed by atoms with Crippen LogP contribution in [0.25, 0.3) is 0 Å². The zero-order valence-corrected chi connectivity index (χ0v) is 12.8. The molecule has 1 saturated heterocycles. The predicted octanol–water partition coefficient (Wildman–Crippen LogP) is 0.962. The second kappa shape index (κ2) is 6.11. The third kappa shape index (κ3) is 3.15. The summed E-state index contributed by atoms with van der Waals surface area (Å²) < 4.78 is 5.08. The molecule has 0 spiro atoms. The summed E-state index contributed by atoms with van der Waals surface area (Å²) in [6, 6.07) is 2.65. The van der Waals surface area contributed by atoms with Gasteiger partial charge in [-0.25, -0.2) is 4.98 Å². The number of aromatic nitrogens is 1. The largest absolute Gasteiger partial charge is 0.481 e. The highest BCUT2D eigenvalue weighted by Gasteiger charge is 2.39. The summed E-state index contributed by atoms with van der Waals surface area (Å²) >= 11 is 0. The second-order valence-electron chi connectivity index (χ2n) is 5.58. The number of nitrogens with one attached hydrogen (secondary N) is 1. The Labute approximate surface area is 124 Å². The molecule has 0 aromatic carbocycles. The first-order valence-corrected chi connectivity index (χ1v) is 7.03. The Bertz CT molecular complexity index is 545. The molecule has 2 amide bonds. The number of ether oxygens (including phenoxy) is 1. The molecule has 6 heteroatoms. The lowest BCUT2D eigenvalue weighted by atomic mass is 9.98. The van der Waals surface area contributed by atoms with E-state index in [0.29, 0.717) is 12.4 Å². The Morgan fingerprint density at radius 3 is 2.76 bits per heavy atom. The van der Waals surface area contributed by atoms with Gasteiger partial charge in [-0.3, -0.25) is 9.59 Å². The number of piperazine rings is 1. The number of rotatable bonds is 4. The number of hydrogen-bond acceptors (Lipinski definition) is 4. The summed E-state index contributed by atoms with van der Waals surface area (Å²) in [5, 5.41) is 2.79. The van der Waals surface area contributed by atoms with Gasteiger partial charge in [0.05, 0.1) is 7.11 Å². The molecule has 1 N–H and O–H groups in total. The average Bonchev–Trinajstić information content (AvgIpc) is 2.47. The van der Waals surface area contributed by atoms with Crippen molar-refractivity contribution in [2.75, 3.05) is 7.11 Å². The molecule has 2 unspecified atom stereocenters. The first-order chi connectivity index (χ1) is 9.93. The van der Waals surface area contributed by atoms with E-state index in [9.17, 15) is 9.59 Å². The fourth-order valence-corrected chi connectivity index (χ4v) is 2.37. The van der Waals surface area contributed by atoms with Gasteiger partial charge in [0.15, 0.2) is 0 Å². The average molecular weight is 291 g/mol. The van der Waals surface area contributed by atoms with Crippen molar-refractivity contribution in [3.8, 4) is 5.88 Å². The molecule has 1 aromatic heterocycles. The van der Waals surface area contributed by atoms with E-state index in [1.165, 1.54) is 0 Å². The summed E-state index contributed by atoms with van der Waals surface area (Å²) in [5.41, 5.74) is 0.888. The minimum atomic E-state index is -0.480. The molecule has 1 fully saturated rings. The minimum absolute atomic E-state index is 0.0483. The quantitative estimate of drug-likeness (QED) is 0.897.